The van der Waals surface area contributed by atoms with Crippen LogP contribution >= 0.6 is 0 Å². The van der Waals surface area contributed by atoms with Crippen LogP contribution in [0.25, 0.3) is 265 Å². The maximum absolute atomic E-state index is 6.15. The highest BCUT2D eigenvalue weighted by atomic mass is 16.3. The minimum absolute atomic E-state index is 0.617. The molecule has 10 heteroatoms. The number of rotatable bonds is 10. The molecular formula is C123H75N9O. The van der Waals surface area contributed by atoms with Gasteiger partial charge in [-0.25, -0.2) is 44.9 Å². The van der Waals surface area contributed by atoms with Crippen LogP contribution in [0.2, 0.25) is 0 Å². The van der Waals surface area contributed by atoms with Crippen molar-refractivity contribution in [1.82, 2.24) is 44.9 Å². The number of benzene rings is 23. The largest absolute Gasteiger partial charge is 0.456 e. The van der Waals surface area contributed by atoms with Gasteiger partial charge in [0.25, 0.3) is 0 Å². The third-order valence-electron chi connectivity index (χ3n) is 25.9. The summed E-state index contributed by atoms with van der Waals surface area (Å²) in [6.07, 6.45) is 0. The highest BCUT2D eigenvalue weighted by Crippen LogP contribution is 2.45. The maximum Gasteiger partial charge on any atom is 0.164 e. The molecule has 27 rings (SSSR count). The van der Waals surface area contributed by atoms with Gasteiger partial charge < -0.3 is 4.42 Å². The normalized spacial score (nSPS) is 11.6. The molecule has 4 heterocycles. The Morgan fingerprint density at radius 1 is 0.113 bits per heavy atom. The van der Waals surface area contributed by atoms with Crippen molar-refractivity contribution < 1.29 is 4.42 Å². The summed E-state index contributed by atoms with van der Waals surface area (Å²) in [6.45, 7) is 0. The van der Waals surface area contributed by atoms with E-state index in [1.807, 2.05) is 48.5 Å². The SMILES string of the molecule is c1ccc(-c2nc(-c3cc4ccc5ccccc5c4cc3-c3ccccc3)nc(-c3cccc4ccccc34)n2)cc1.c1ccc2c(-c3nc(-c4ccc5c(ccc6ccccc65)c4)nc(-c4cccc5c4ccc4ccccc45)n3)cccc2c1.c1ccc2c(c1)cc(-c1nc(-c3ccc4oc5ccccc5c4c3)nc(-c3cc4ccccc4c4ccccc34)n1)c1ccccc12. The molecule has 133 heavy (non-hydrogen) atoms. The summed E-state index contributed by atoms with van der Waals surface area (Å²) in [4.78, 5) is 46.5. The molecule has 618 valence electrons. The van der Waals surface area contributed by atoms with E-state index < -0.39 is 0 Å². The fourth-order valence-corrected chi connectivity index (χ4v) is 19.5. The number of aromatic nitrogens is 9. The van der Waals surface area contributed by atoms with E-state index in [0.717, 1.165) is 142 Å². The van der Waals surface area contributed by atoms with Crippen LogP contribution in [-0.4, -0.2) is 44.9 Å². The zero-order valence-electron chi connectivity index (χ0n) is 71.7. The first kappa shape index (κ1) is 77.4. The van der Waals surface area contributed by atoms with Crippen molar-refractivity contribution >= 4 is 151 Å². The first-order valence-corrected chi connectivity index (χ1v) is 44.8. The van der Waals surface area contributed by atoms with Crippen molar-refractivity contribution in [3.05, 3.63) is 455 Å². The Morgan fingerprint density at radius 2 is 0.391 bits per heavy atom. The summed E-state index contributed by atoms with van der Waals surface area (Å²) >= 11 is 0. The predicted octanol–water partition coefficient (Wildman–Crippen LogP) is 32.0. The number of hydrogen-bond donors (Lipinski definition) is 0. The molecular weight excluding hydrogens is 1620 g/mol. The molecule has 0 bridgehead atoms. The molecule has 0 atom stereocenters. The fourth-order valence-electron chi connectivity index (χ4n) is 19.5. The molecule has 0 amide bonds. The number of para-hydroxylation sites is 1. The van der Waals surface area contributed by atoms with Gasteiger partial charge in [0.05, 0.1) is 0 Å². The molecule has 0 saturated heterocycles. The summed E-state index contributed by atoms with van der Waals surface area (Å²) in [5, 5.41) is 30.3. The maximum atomic E-state index is 6.15. The van der Waals surface area contributed by atoms with Gasteiger partial charge in [0.1, 0.15) is 11.2 Å². The van der Waals surface area contributed by atoms with Crippen LogP contribution in [0.4, 0.5) is 0 Å². The van der Waals surface area contributed by atoms with Gasteiger partial charge in [0, 0.05) is 60.8 Å². The molecule has 0 aliphatic rings. The fraction of sp³-hybridized carbons (Fsp3) is 0. The molecule has 0 saturated carbocycles. The standard InChI is InChI=1S/C43H25N3O.C41H25N3.C39H25N3/c1-3-13-29-26(11-1)23-37(33-17-7-5-15-31(29)33)42-44-41(28-21-22-40-36(25-28)35-19-9-10-20-39(35)47-40)45-43(46-42)38-24-27-12-2-4-14-30(27)32-16-6-8-18-34(32)38;1-6-15-33-26(9-1)12-7-17-37(33)40-42-39(30-22-23-34-29(25-30)20-19-27-10-2-4-13-31(27)34)43-41(44-40)38-18-8-16-35-32-14-5-3-11-28(32)21-24-36(35)38;1-3-12-27(13-4-1)34-25-35-30(23-22-28-15-8-10-20-32(28)35)24-36(34)39-41-37(29-16-5-2-6-17-29)40-38(42-39)33-21-11-18-26-14-7-9-19-31(26)33/h1-25H;1-25H;1-25H. The molecule has 0 N–H and O–H groups in total. The lowest BCUT2D eigenvalue weighted by Crippen LogP contribution is -2.01. The van der Waals surface area contributed by atoms with Crippen molar-refractivity contribution in [3.8, 4) is 114 Å². The minimum Gasteiger partial charge on any atom is -0.456 e. The third-order valence-corrected chi connectivity index (χ3v) is 25.9. The van der Waals surface area contributed by atoms with Gasteiger partial charge in [-0.2, -0.15) is 0 Å². The van der Waals surface area contributed by atoms with Gasteiger partial charge in [-0.15, -0.1) is 0 Å². The van der Waals surface area contributed by atoms with Gasteiger partial charge in [-0.05, 0) is 195 Å². The smallest absolute Gasteiger partial charge is 0.164 e. The van der Waals surface area contributed by atoms with Crippen molar-refractivity contribution in [2.45, 2.75) is 0 Å². The summed E-state index contributed by atoms with van der Waals surface area (Å²) < 4.78 is 6.15. The number of furan rings is 1. The van der Waals surface area contributed by atoms with Crippen molar-refractivity contribution in [3.63, 3.8) is 0 Å². The van der Waals surface area contributed by atoms with Crippen molar-refractivity contribution in [1.29, 1.82) is 0 Å². The van der Waals surface area contributed by atoms with E-state index in [1.165, 1.54) is 70.0 Å². The Hall–Kier alpha value is -18.0. The lowest BCUT2D eigenvalue weighted by Gasteiger charge is -2.15. The molecule has 23 aromatic carbocycles. The lowest BCUT2D eigenvalue weighted by atomic mass is 9.92. The average Bonchev–Trinajstić information content (AvgIpc) is 1.24. The molecule has 0 fully saturated rings. The molecule has 0 spiro atoms. The Labute approximate surface area is 763 Å². The van der Waals surface area contributed by atoms with E-state index >= 15 is 0 Å². The first-order chi connectivity index (χ1) is 65.9. The van der Waals surface area contributed by atoms with Gasteiger partial charge in [-0.3, -0.25) is 0 Å². The zero-order chi connectivity index (χ0) is 87.8. The van der Waals surface area contributed by atoms with Crippen LogP contribution in [0.15, 0.2) is 459 Å². The van der Waals surface area contributed by atoms with Crippen LogP contribution in [0, 0.1) is 0 Å². The van der Waals surface area contributed by atoms with E-state index in [0.29, 0.717) is 52.4 Å². The van der Waals surface area contributed by atoms with Crippen LogP contribution in [-0.2, 0) is 0 Å². The second kappa shape index (κ2) is 32.7. The highest BCUT2D eigenvalue weighted by Gasteiger charge is 2.24. The van der Waals surface area contributed by atoms with E-state index in [1.54, 1.807) is 0 Å². The number of nitrogens with zero attached hydrogens (tertiary/aromatic N) is 9. The van der Waals surface area contributed by atoms with Crippen LogP contribution in [0.1, 0.15) is 0 Å². The van der Waals surface area contributed by atoms with Gasteiger partial charge in [0.2, 0.25) is 0 Å². The van der Waals surface area contributed by atoms with E-state index in [2.05, 4.69) is 406 Å². The monoisotopic (exact) mass is 1690 g/mol. The van der Waals surface area contributed by atoms with Crippen LogP contribution < -0.4 is 0 Å². The topological polar surface area (TPSA) is 129 Å². The second-order valence-electron chi connectivity index (χ2n) is 33.7. The molecule has 0 radical (unpaired) electrons. The molecule has 0 aliphatic carbocycles. The summed E-state index contributed by atoms with van der Waals surface area (Å²) in [5.74, 6) is 5.85. The third kappa shape index (κ3) is 14.1. The number of fused-ring (bicyclic) bond motifs is 20. The average molecular weight is 1700 g/mol. The Morgan fingerprint density at radius 3 is 0.910 bits per heavy atom. The Kier molecular flexibility index (Phi) is 19.0. The predicted molar refractivity (Wildman–Crippen MR) is 551 cm³/mol. The number of hydrogen-bond acceptors (Lipinski definition) is 10. The molecule has 0 unspecified atom stereocenters. The molecule has 4 aromatic heterocycles. The van der Waals surface area contributed by atoms with Gasteiger partial charge >= 0.3 is 0 Å². The Bertz CT molecular complexity index is 9240. The van der Waals surface area contributed by atoms with Crippen molar-refractivity contribution in [2.75, 3.05) is 0 Å². The van der Waals surface area contributed by atoms with Crippen LogP contribution in [0.3, 0.4) is 0 Å². The molecule has 27 aromatic rings. The van der Waals surface area contributed by atoms with Gasteiger partial charge in [-0.1, -0.05) is 400 Å². The van der Waals surface area contributed by atoms with Gasteiger partial charge in [0.15, 0.2) is 52.4 Å². The minimum atomic E-state index is 0.617. The summed E-state index contributed by atoms with van der Waals surface area (Å²) in [5.41, 5.74) is 12.6. The van der Waals surface area contributed by atoms with Crippen LogP contribution in [0.5, 0.6) is 0 Å². The zero-order valence-corrected chi connectivity index (χ0v) is 71.7. The first-order valence-electron chi connectivity index (χ1n) is 44.8. The molecule has 10 nitrogen and oxygen atoms in total. The highest BCUT2D eigenvalue weighted by molar-refractivity contribution is 6.18. The van der Waals surface area contributed by atoms with E-state index in [4.69, 9.17) is 49.3 Å². The second-order valence-corrected chi connectivity index (χ2v) is 33.7. The summed E-state index contributed by atoms with van der Waals surface area (Å²) in [6, 6.07) is 159. The lowest BCUT2D eigenvalue weighted by molar-refractivity contribution is 0.669. The molecule has 0 aliphatic heterocycles. The quantitative estimate of drug-likeness (QED) is 0.122. The van der Waals surface area contributed by atoms with Crippen molar-refractivity contribution in [2.24, 2.45) is 0 Å². The Balaban J connectivity index is 0.000000107. The van der Waals surface area contributed by atoms with E-state index in [9.17, 15) is 0 Å². The summed E-state index contributed by atoms with van der Waals surface area (Å²) in [7, 11) is 0. The van der Waals surface area contributed by atoms with E-state index in [-0.39, 0.29) is 0 Å².